The van der Waals surface area contributed by atoms with Crippen LogP contribution in [0, 0.1) is 5.82 Å². The van der Waals surface area contributed by atoms with Crippen molar-refractivity contribution in [3.63, 3.8) is 0 Å². The van der Waals surface area contributed by atoms with Crippen LogP contribution in [0.2, 0.25) is 0 Å². The molecule has 5 rings (SSSR count). The van der Waals surface area contributed by atoms with E-state index in [9.17, 15) is 14.0 Å². The summed E-state index contributed by atoms with van der Waals surface area (Å²) in [7, 11) is 0. The minimum atomic E-state index is -0.672. The minimum Gasteiger partial charge on any atom is -0.377 e. The number of aromatic nitrogens is 5. The number of carbonyl (C=O) groups excluding carboxylic acids is 2. The molecular formula is C25H25FN8O3S. The SMILES string of the molecule is C/C=C\C(=O)N1CCOC[C@H]1C(=O)NCCn1cnc2cnc(Nc3ncc(-c4ncccc4F)s3)cc21. The number of amides is 2. The predicted molar refractivity (Wildman–Crippen MR) is 140 cm³/mol. The van der Waals surface area contributed by atoms with Gasteiger partial charge < -0.3 is 24.8 Å². The Bertz CT molecular complexity index is 1490. The van der Waals surface area contributed by atoms with E-state index in [0.717, 1.165) is 5.52 Å². The number of hydrogen-bond acceptors (Lipinski definition) is 9. The fourth-order valence-corrected chi connectivity index (χ4v) is 4.89. The summed E-state index contributed by atoms with van der Waals surface area (Å²) in [4.78, 5) is 44.4. The fraction of sp³-hybridized carbons (Fsp3) is 0.280. The van der Waals surface area contributed by atoms with Crippen molar-refractivity contribution in [1.29, 1.82) is 0 Å². The molecule has 0 spiro atoms. The molecule has 0 radical (unpaired) electrons. The Labute approximate surface area is 221 Å². The molecule has 2 N–H and O–H groups in total. The first-order valence-corrected chi connectivity index (χ1v) is 12.8. The number of allylic oxidation sites excluding steroid dienone is 1. The Hall–Kier alpha value is -4.23. The second-order valence-corrected chi connectivity index (χ2v) is 9.43. The monoisotopic (exact) mass is 536 g/mol. The number of carbonyl (C=O) groups is 2. The first-order valence-electron chi connectivity index (χ1n) is 12.0. The number of nitrogens with zero attached hydrogens (tertiary/aromatic N) is 6. The number of anilines is 2. The molecule has 1 atom stereocenters. The molecule has 5 heterocycles. The molecule has 11 nitrogen and oxygen atoms in total. The van der Waals surface area contributed by atoms with Gasteiger partial charge in [0.1, 0.15) is 28.9 Å². The summed E-state index contributed by atoms with van der Waals surface area (Å²) < 4.78 is 21.4. The molecule has 0 aliphatic carbocycles. The van der Waals surface area contributed by atoms with Crippen LogP contribution in [0.15, 0.2) is 55.3 Å². The molecule has 1 fully saturated rings. The Morgan fingerprint density at radius 3 is 3.00 bits per heavy atom. The average molecular weight is 537 g/mol. The van der Waals surface area contributed by atoms with E-state index in [2.05, 4.69) is 30.6 Å². The molecule has 4 aromatic rings. The number of fused-ring (bicyclic) bond motifs is 1. The summed E-state index contributed by atoms with van der Waals surface area (Å²) in [6.07, 6.45) is 9.53. The van der Waals surface area contributed by atoms with Crippen LogP contribution < -0.4 is 10.6 Å². The van der Waals surface area contributed by atoms with E-state index in [1.165, 1.54) is 40.6 Å². The third-order valence-electron chi connectivity index (χ3n) is 5.92. The lowest BCUT2D eigenvalue weighted by Crippen LogP contribution is -2.55. The first-order chi connectivity index (χ1) is 18.5. The van der Waals surface area contributed by atoms with Crippen LogP contribution in [0.25, 0.3) is 21.6 Å². The number of rotatable bonds is 8. The maximum Gasteiger partial charge on any atom is 0.247 e. The second kappa shape index (κ2) is 11.4. The van der Waals surface area contributed by atoms with E-state index < -0.39 is 11.9 Å². The predicted octanol–water partition coefficient (Wildman–Crippen LogP) is 2.75. The fourth-order valence-electron chi connectivity index (χ4n) is 4.07. The normalized spacial score (nSPS) is 15.7. The van der Waals surface area contributed by atoms with Crippen LogP contribution in [0.5, 0.6) is 0 Å². The molecule has 2 amide bonds. The number of pyridine rings is 2. The van der Waals surface area contributed by atoms with Crippen LogP contribution in [0.4, 0.5) is 15.3 Å². The zero-order chi connectivity index (χ0) is 26.5. The number of hydrogen-bond donors (Lipinski definition) is 2. The van der Waals surface area contributed by atoms with Crippen LogP contribution in [-0.4, -0.2) is 73.6 Å². The molecule has 0 bridgehead atoms. The van der Waals surface area contributed by atoms with E-state index in [1.54, 1.807) is 31.7 Å². The van der Waals surface area contributed by atoms with Gasteiger partial charge >= 0.3 is 0 Å². The molecule has 0 unspecified atom stereocenters. The highest BCUT2D eigenvalue weighted by Gasteiger charge is 2.31. The third kappa shape index (κ3) is 5.53. The maximum absolute atomic E-state index is 14.1. The lowest BCUT2D eigenvalue weighted by molar-refractivity contribution is -0.145. The van der Waals surface area contributed by atoms with E-state index in [4.69, 9.17) is 4.74 Å². The number of thiazole rings is 1. The van der Waals surface area contributed by atoms with E-state index in [1.807, 2.05) is 10.6 Å². The van der Waals surface area contributed by atoms with Gasteiger partial charge in [0.2, 0.25) is 11.8 Å². The van der Waals surface area contributed by atoms with Gasteiger partial charge in [0, 0.05) is 38.1 Å². The van der Waals surface area contributed by atoms with Crippen LogP contribution >= 0.6 is 11.3 Å². The van der Waals surface area contributed by atoms with Crippen molar-refractivity contribution in [3.8, 4) is 10.6 Å². The van der Waals surface area contributed by atoms with Gasteiger partial charge in [-0.3, -0.25) is 14.6 Å². The van der Waals surface area contributed by atoms with Crippen molar-refractivity contribution in [1.82, 2.24) is 34.7 Å². The molecule has 4 aromatic heterocycles. The summed E-state index contributed by atoms with van der Waals surface area (Å²) in [5, 5.41) is 6.59. The zero-order valence-corrected chi connectivity index (χ0v) is 21.3. The topological polar surface area (TPSA) is 127 Å². The van der Waals surface area contributed by atoms with Crippen molar-refractivity contribution in [2.45, 2.75) is 19.5 Å². The summed E-state index contributed by atoms with van der Waals surface area (Å²) >= 11 is 1.27. The highest BCUT2D eigenvalue weighted by molar-refractivity contribution is 7.18. The maximum atomic E-state index is 14.1. The molecular weight excluding hydrogens is 511 g/mol. The number of halogens is 1. The average Bonchev–Trinajstić information content (AvgIpc) is 3.56. The van der Waals surface area contributed by atoms with Crippen LogP contribution in [-0.2, 0) is 20.9 Å². The molecule has 1 aliphatic heterocycles. The molecule has 196 valence electrons. The smallest absolute Gasteiger partial charge is 0.247 e. The van der Waals surface area contributed by atoms with Gasteiger partial charge in [-0.1, -0.05) is 17.4 Å². The highest BCUT2D eigenvalue weighted by atomic mass is 32.1. The number of nitrogens with one attached hydrogen (secondary N) is 2. The summed E-state index contributed by atoms with van der Waals surface area (Å²) in [6, 6.07) is 4.06. The standard InChI is InChI=1S/C25H25FN8O3S/c1-2-4-22(35)34-9-10-37-14-19(34)24(36)28-7-8-33-15-31-17-12-29-21(11-18(17)33)32-25-30-13-20(38-25)23-16(26)5-3-6-27-23/h2-6,11-13,15,19H,7-10,14H2,1H3,(H,28,36)(H,29,30,32)/b4-2-/t19-/m0/s1. The van der Waals surface area contributed by atoms with E-state index >= 15 is 0 Å². The van der Waals surface area contributed by atoms with Crippen LogP contribution in [0.1, 0.15) is 6.92 Å². The van der Waals surface area contributed by atoms with Crippen molar-refractivity contribution < 1.29 is 18.7 Å². The molecule has 0 aromatic carbocycles. The van der Waals surface area contributed by atoms with Crippen molar-refractivity contribution in [3.05, 3.63) is 61.1 Å². The summed E-state index contributed by atoms with van der Waals surface area (Å²) in [5.41, 5.74) is 1.76. The quantitative estimate of drug-likeness (QED) is 0.329. The van der Waals surface area contributed by atoms with Gasteiger partial charge in [0.15, 0.2) is 5.13 Å². The third-order valence-corrected chi connectivity index (χ3v) is 6.83. The lowest BCUT2D eigenvalue weighted by atomic mass is 10.2. The van der Waals surface area contributed by atoms with Gasteiger partial charge in [-0.05, 0) is 25.1 Å². The first kappa shape index (κ1) is 25.4. The van der Waals surface area contributed by atoms with Gasteiger partial charge in [0.25, 0.3) is 0 Å². The Morgan fingerprint density at radius 1 is 1.26 bits per heavy atom. The molecule has 38 heavy (non-hydrogen) atoms. The van der Waals surface area contributed by atoms with Crippen LogP contribution in [0.3, 0.4) is 0 Å². The highest BCUT2D eigenvalue weighted by Crippen LogP contribution is 2.30. The molecule has 1 aliphatic rings. The molecule has 0 saturated carbocycles. The van der Waals surface area contributed by atoms with Gasteiger partial charge in [0.05, 0.1) is 36.1 Å². The van der Waals surface area contributed by atoms with Crippen molar-refractivity contribution in [2.24, 2.45) is 0 Å². The molecule has 13 heteroatoms. The zero-order valence-electron chi connectivity index (χ0n) is 20.5. The van der Waals surface area contributed by atoms with Gasteiger partial charge in [-0.15, -0.1) is 0 Å². The number of ether oxygens (including phenoxy) is 1. The van der Waals surface area contributed by atoms with Crippen molar-refractivity contribution >= 4 is 45.1 Å². The van der Waals surface area contributed by atoms with E-state index in [0.29, 0.717) is 47.6 Å². The Balaban J connectivity index is 1.23. The number of imidazole rings is 1. The van der Waals surface area contributed by atoms with Gasteiger partial charge in [-0.2, -0.15) is 0 Å². The van der Waals surface area contributed by atoms with E-state index in [-0.39, 0.29) is 24.1 Å². The largest absolute Gasteiger partial charge is 0.377 e. The number of morpholine rings is 1. The Morgan fingerprint density at radius 2 is 2.16 bits per heavy atom. The minimum absolute atomic E-state index is 0.162. The summed E-state index contributed by atoms with van der Waals surface area (Å²) in [6.45, 7) is 3.49. The lowest BCUT2D eigenvalue weighted by Gasteiger charge is -2.33. The second-order valence-electron chi connectivity index (χ2n) is 8.40. The molecule has 1 saturated heterocycles. The van der Waals surface area contributed by atoms with Gasteiger partial charge in [-0.25, -0.2) is 19.3 Å². The van der Waals surface area contributed by atoms with Crippen molar-refractivity contribution in [2.75, 3.05) is 31.6 Å². The summed E-state index contributed by atoms with van der Waals surface area (Å²) in [5.74, 6) is -0.337. The Kier molecular flexibility index (Phi) is 7.65.